The minimum Gasteiger partial charge on any atom is -0.491 e. The number of aliphatic hydroxyl groups is 1. The third-order valence-electron chi connectivity index (χ3n) is 6.36. The second kappa shape index (κ2) is 15.2. The molecule has 9 nitrogen and oxygen atoms in total. The van der Waals surface area contributed by atoms with Gasteiger partial charge in [0.25, 0.3) is 0 Å². The van der Waals surface area contributed by atoms with E-state index in [2.05, 4.69) is 31.9 Å². The number of amides is 2. The van der Waals surface area contributed by atoms with E-state index in [0.29, 0.717) is 47.2 Å². The second-order valence-electron chi connectivity index (χ2n) is 9.44. The standard InChI is InChI=1S/C30H33BrClN3O6/c1-19-16-22(39-14-15-41-28-4-2-3-13-40-28)7-9-23(19)29(37)24-8-6-21(18-25(24)32)34-26-10-5-20(31)17-27(26)35-30(38)33-11-12-36/h5-10,16-18,28,34,36H,2-4,11-15H2,1H3,(H2,33,35,38). The Bertz CT molecular complexity index is 1370. The van der Waals surface area contributed by atoms with Gasteiger partial charge in [-0.25, -0.2) is 4.79 Å². The van der Waals surface area contributed by atoms with Gasteiger partial charge >= 0.3 is 6.03 Å². The zero-order valence-electron chi connectivity index (χ0n) is 22.7. The highest BCUT2D eigenvalue weighted by molar-refractivity contribution is 9.10. The number of benzene rings is 3. The second-order valence-corrected chi connectivity index (χ2v) is 10.8. The summed E-state index contributed by atoms with van der Waals surface area (Å²) >= 11 is 9.97. The predicted molar refractivity (Wildman–Crippen MR) is 163 cm³/mol. The molecule has 4 rings (SSSR count). The summed E-state index contributed by atoms with van der Waals surface area (Å²) in [5, 5.41) is 17.7. The highest BCUT2D eigenvalue weighted by Gasteiger charge is 2.17. The molecule has 0 aromatic heterocycles. The van der Waals surface area contributed by atoms with E-state index < -0.39 is 6.03 Å². The monoisotopic (exact) mass is 645 g/mol. The van der Waals surface area contributed by atoms with Crippen molar-refractivity contribution in [3.05, 3.63) is 80.8 Å². The summed E-state index contributed by atoms with van der Waals surface area (Å²) in [6.45, 7) is 3.37. The maximum absolute atomic E-state index is 13.3. The zero-order valence-corrected chi connectivity index (χ0v) is 25.0. The first-order chi connectivity index (χ1) is 19.8. The number of aliphatic hydroxyl groups excluding tert-OH is 1. The Morgan fingerprint density at radius 1 is 1.05 bits per heavy atom. The molecule has 0 saturated carbocycles. The van der Waals surface area contributed by atoms with E-state index in [1.54, 1.807) is 42.5 Å². The lowest BCUT2D eigenvalue weighted by molar-refractivity contribution is -0.165. The van der Waals surface area contributed by atoms with Crippen LogP contribution in [0.25, 0.3) is 0 Å². The van der Waals surface area contributed by atoms with Gasteiger partial charge < -0.3 is 35.3 Å². The summed E-state index contributed by atoms with van der Waals surface area (Å²) in [5.41, 5.74) is 3.43. The van der Waals surface area contributed by atoms with Gasteiger partial charge in [-0.3, -0.25) is 4.79 Å². The number of ketones is 1. The fraction of sp³-hybridized carbons (Fsp3) is 0.333. The number of ether oxygens (including phenoxy) is 3. The summed E-state index contributed by atoms with van der Waals surface area (Å²) in [5.74, 6) is 0.455. The van der Waals surface area contributed by atoms with Crippen molar-refractivity contribution in [3.8, 4) is 5.75 Å². The highest BCUT2D eigenvalue weighted by atomic mass is 79.9. The number of hydrogen-bond donors (Lipinski definition) is 4. The predicted octanol–water partition coefficient (Wildman–Crippen LogP) is 6.42. The molecule has 218 valence electrons. The van der Waals surface area contributed by atoms with Gasteiger partial charge in [-0.05, 0) is 86.3 Å². The van der Waals surface area contributed by atoms with Crippen molar-refractivity contribution in [1.29, 1.82) is 0 Å². The van der Waals surface area contributed by atoms with E-state index in [0.717, 1.165) is 35.9 Å². The number of hydrogen-bond acceptors (Lipinski definition) is 7. The fourth-order valence-electron chi connectivity index (χ4n) is 4.30. The lowest BCUT2D eigenvalue weighted by Crippen LogP contribution is -2.31. The molecule has 1 saturated heterocycles. The van der Waals surface area contributed by atoms with Gasteiger partial charge in [0.15, 0.2) is 12.1 Å². The topological polar surface area (TPSA) is 118 Å². The third-order valence-corrected chi connectivity index (χ3v) is 7.16. The molecule has 0 bridgehead atoms. The maximum Gasteiger partial charge on any atom is 0.319 e. The van der Waals surface area contributed by atoms with Crippen LogP contribution in [0.2, 0.25) is 5.02 Å². The Labute approximate surface area is 252 Å². The molecule has 11 heteroatoms. The number of urea groups is 1. The van der Waals surface area contributed by atoms with Crippen molar-refractivity contribution in [3.63, 3.8) is 0 Å². The van der Waals surface area contributed by atoms with Gasteiger partial charge in [-0.2, -0.15) is 0 Å². The maximum atomic E-state index is 13.3. The average molecular weight is 647 g/mol. The van der Waals surface area contributed by atoms with Crippen molar-refractivity contribution >= 4 is 56.4 Å². The molecule has 1 aliphatic heterocycles. The van der Waals surface area contributed by atoms with Crippen LogP contribution >= 0.6 is 27.5 Å². The Hall–Kier alpha value is -3.15. The average Bonchev–Trinajstić information content (AvgIpc) is 2.96. The van der Waals surface area contributed by atoms with E-state index in [9.17, 15) is 9.59 Å². The lowest BCUT2D eigenvalue weighted by atomic mass is 9.98. The van der Waals surface area contributed by atoms with Gasteiger partial charge in [-0.15, -0.1) is 0 Å². The summed E-state index contributed by atoms with van der Waals surface area (Å²) in [7, 11) is 0. The molecule has 41 heavy (non-hydrogen) atoms. The molecule has 2 amide bonds. The minimum atomic E-state index is -0.451. The molecule has 0 radical (unpaired) electrons. The largest absolute Gasteiger partial charge is 0.491 e. The van der Waals surface area contributed by atoms with E-state index >= 15 is 0 Å². The molecular weight excluding hydrogens is 614 g/mol. The van der Waals surface area contributed by atoms with Crippen LogP contribution in [-0.2, 0) is 9.47 Å². The van der Waals surface area contributed by atoms with Crippen LogP contribution in [-0.4, -0.2) is 56.2 Å². The van der Waals surface area contributed by atoms with Crippen LogP contribution in [0.1, 0.15) is 40.7 Å². The Morgan fingerprint density at radius 3 is 2.61 bits per heavy atom. The number of halogens is 2. The fourth-order valence-corrected chi connectivity index (χ4v) is 4.93. The molecule has 3 aromatic rings. The van der Waals surface area contributed by atoms with Crippen LogP contribution < -0.4 is 20.7 Å². The van der Waals surface area contributed by atoms with E-state index in [1.165, 1.54) is 0 Å². The first kappa shape index (κ1) is 30.8. The molecule has 1 aliphatic rings. The van der Waals surface area contributed by atoms with Crippen molar-refractivity contribution in [2.24, 2.45) is 0 Å². The van der Waals surface area contributed by atoms with Crippen molar-refractivity contribution in [2.45, 2.75) is 32.5 Å². The summed E-state index contributed by atoms with van der Waals surface area (Å²) in [6, 6.07) is 15.3. The van der Waals surface area contributed by atoms with Gasteiger partial charge in [0.1, 0.15) is 12.4 Å². The Kier molecular flexibility index (Phi) is 11.4. The van der Waals surface area contributed by atoms with Gasteiger partial charge in [-0.1, -0.05) is 27.5 Å². The molecular formula is C30H33BrClN3O6. The number of anilines is 3. The molecule has 3 aromatic carbocycles. The molecule has 1 atom stereocenters. The van der Waals surface area contributed by atoms with Gasteiger partial charge in [0, 0.05) is 34.4 Å². The number of aryl methyl sites for hydroxylation is 1. The summed E-state index contributed by atoms with van der Waals surface area (Å²) in [6.07, 6.45) is 2.94. The van der Waals surface area contributed by atoms with Crippen molar-refractivity contribution < 1.29 is 28.9 Å². The molecule has 4 N–H and O–H groups in total. The highest BCUT2D eigenvalue weighted by Crippen LogP contribution is 2.32. The first-order valence-corrected chi connectivity index (χ1v) is 14.5. The third kappa shape index (κ3) is 8.92. The van der Waals surface area contributed by atoms with E-state index in [1.807, 2.05) is 19.1 Å². The van der Waals surface area contributed by atoms with Crippen LogP contribution in [0, 0.1) is 6.92 Å². The zero-order chi connectivity index (χ0) is 29.2. The van der Waals surface area contributed by atoms with E-state index in [4.69, 9.17) is 30.9 Å². The number of carbonyl (C=O) groups is 2. The SMILES string of the molecule is Cc1cc(OCCOC2CCCCO2)ccc1C(=O)c1ccc(Nc2ccc(Br)cc2NC(=O)NCCO)cc1Cl. The Morgan fingerprint density at radius 2 is 1.88 bits per heavy atom. The van der Waals surface area contributed by atoms with E-state index in [-0.39, 0.29) is 30.2 Å². The smallest absolute Gasteiger partial charge is 0.319 e. The number of rotatable bonds is 12. The quantitative estimate of drug-likeness (QED) is 0.132. The number of carbonyl (C=O) groups excluding carboxylic acids is 2. The molecule has 1 fully saturated rings. The van der Waals surface area contributed by atoms with Crippen LogP contribution in [0.4, 0.5) is 21.9 Å². The lowest BCUT2D eigenvalue weighted by Gasteiger charge is -2.22. The summed E-state index contributed by atoms with van der Waals surface area (Å²) < 4.78 is 17.8. The Balaban J connectivity index is 1.38. The summed E-state index contributed by atoms with van der Waals surface area (Å²) in [4.78, 5) is 25.5. The van der Waals surface area contributed by atoms with Crippen molar-refractivity contribution in [2.75, 3.05) is 43.6 Å². The van der Waals surface area contributed by atoms with Gasteiger partial charge in [0.2, 0.25) is 0 Å². The van der Waals surface area contributed by atoms with Gasteiger partial charge in [0.05, 0.1) is 29.6 Å². The number of nitrogens with one attached hydrogen (secondary N) is 3. The van der Waals surface area contributed by atoms with Crippen molar-refractivity contribution in [1.82, 2.24) is 5.32 Å². The molecule has 0 spiro atoms. The molecule has 0 aliphatic carbocycles. The van der Waals surface area contributed by atoms with Crippen LogP contribution in [0.15, 0.2) is 59.1 Å². The van der Waals surface area contributed by atoms with Crippen LogP contribution in [0.5, 0.6) is 5.75 Å². The molecule has 1 heterocycles. The minimum absolute atomic E-state index is 0.133. The normalized spacial score (nSPS) is 14.8. The first-order valence-electron chi connectivity index (χ1n) is 13.4. The van der Waals surface area contributed by atoms with Crippen LogP contribution in [0.3, 0.4) is 0 Å². The molecule has 1 unspecified atom stereocenters.